The number of benzene rings is 1. The Morgan fingerprint density at radius 3 is 2.72 bits per heavy atom. The highest BCUT2D eigenvalue weighted by molar-refractivity contribution is 5.43. The molecule has 0 aromatic heterocycles. The summed E-state index contributed by atoms with van der Waals surface area (Å²) in [5.74, 6) is 0.345. The first-order valence-corrected chi connectivity index (χ1v) is 6.51. The Morgan fingerprint density at radius 2 is 2.11 bits per heavy atom. The quantitative estimate of drug-likeness (QED) is 0.811. The molecule has 1 unspecified atom stereocenters. The summed E-state index contributed by atoms with van der Waals surface area (Å²) < 4.78 is 13.0. The molecule has 18 heavy (non-hydrogen) atoms. The predicted octanol–water partition coefficient (Wildman–Crippen LogP) is 2.17. The molecule has 1 fully saturated rings. The topological polar surface area (TPSA) is 49.5 Å². The van der Waals surface area contributed by atoms with Crippen LogP contribution in [0.2, 0.25) is 0 Å². The van der Waals surface area contributed by atoms with E-state index in [2.05, 4.69) is 11.8 Å². The number of likely N-dealkylation sites (tertiary alicyclic amines) is 1. The minimum atomic E-state index is -0.596. The van der Waals surface area contributed by atoms with Crippen LogP contribution in [0.3, 0.4) is 0 Å². The van der Waals surface area contributed by atoms with Crippen molar-refractivity contribution in [2.75, 3.05) is 25.4 Å². The number of β-amino-alcohol motifs (C(OH)–C–C–N with tert-alkyl or cyclic N) is 1. The summed E-state index contributed by atoms with van der Waals surface area (Å²) in [6.45, 7) is 4.90. The molecule has 0 radical (unpaired) electrons. The Bertz CT molecular complexity index is 403. The second-order valence-electron chi connectivity index (χ2n) is 5.28. The first-order valence-electron chi connectivity index (χ1n) is 6.51. The Hall–Kier alpha value is -1.13. The highest BCUT2D eigenvalue weighted by Gasteiger charge is 2.19. The monoisotopic (exact) mass is 252 g/mol. The first kappa shape index (κ1) is 13.3. The van der Waals surface area contributed by atoms with Gasteiger partial charge in [0.05, 0.1) is 11.8 Å². The van der Waals surface area contributed by atoms with Crippen molar-refractivity contribution >= 4 is 5.69 Å². The molecule has 3 N–H and O–H groups in total. The standard InChI is InChI=1S/C14H21FN2O/c1-10-4-6-17(7-5-10)9-14(18)11-2-3-12(15)13(16)8-11/h2-3,8,10,14,18H,4-7,9,16H2,1H3. The van der Waals surface area contributed by atoms with Crippen molar-refractivity contribution in [3.8, 4) is 0 Å². The van der Waals surface area contributed by atoms with Gasteiger partial charge in [-0.05, 0) is 49.5 Å². The SMILES string of the molecule is CC1CCN(CC(O)c2ccc(F)c(N)c2)CC1. The van der Waals surface area contributed by atoms with Gasteiger partial charge in [0.2, 0.25) is 0 Å². The van der Waals surface area contributed by atoms with E-state index < -0.39 is 11.9 Å². The van der Waals surface area contributed by atoms with Crippen LogP contribution in [0.15, 0.2) is 18.2 Å². The molecule has 2 rings (SSSR count). The van der Waals surface area contributed by atoms with E-state index in [1.54, 1.807) is 6.07 Å². The number of piperidine rings is 1. The molecule has 1 aliphatic rings. The fraction of sp³-hybridized carbons (Fsp3) is 0.571. The molecule has 100 valence electrons. The lowest BCUT2D eigenvalue weighted by molar-refractivity contribution is 0.0916. The molecule has 1 aromatic carbocycles. The van der Waals surface area contributed by atoms with Gasteiger partial charge in [0.15, 0.2) is 0 Å². The van der Waals surface area contributed by atoms with Gasteiger partial charge < -0.3 is 15.7 Å². The van der Waals surface area contributed by atoms with Gasteiger partial charge in [0, 0.05) is 6.54 Å². The van der Waals surface area contributed by atoms with Crippen LogP contribution in [0.1, 0.15) is 31.4 Å². The van der Waals surface area contributed by atoms with Crippen molar-refractivity contribution < 1.29 is 9.50 Å². The van der Waals surface area contributed by atoms with E-state index in [0.29, 0.717) is 12.1 Å². The summed E-state index contributed by atoms with van der Waals surface area (Å²) in [7, 11) is 0. The third kappa shape index (κ3) is 3.21. The third-order valence-electron chi connectivity index (χ3n) is 3.71. The number of hydrogen-bond acceptors (Lipinski definition) is 3. The largest absolute Gasteiger partial charge is 0.396 e. The number of nitrogens with two attached hydrogens (primary N) is 1. The maximum absolute atomic E-state index is 13.0. The lowest BCUT2D eigenvalue weighted by Crippen LogP contribution is -2.36. The molecule has 0 saturated carbocycles. The minimum absolute atomic E-state index is 0.0961. The highest BCUT2D eigenvalue weighted by Crippen LogP contribution is 2.22. The number of nitrogen functional groups attached to an aromatic ring is 1. The zero-order valence-electron chi connectivity index (χ0n) is 10.8. The molecule has 1 atom stereocenters. The zero-order valence-corrected chi connectivity index (χ0v) is 10.8. The van der Waals surface area contributed by atoms with Gasteiger partial charge in [-0.15, -0.1) is 0 Å². The summed E-state index contributed by atoms with van der Waals surface area (Å²) in [6, 6.07) is 4.43. The van der Waals surface area contributed by atoms with E-state index in [9.17, 15) is 9.50 Å². The van der Waals surface area contributed by atoms with Crippen LogP contribution in [-0.2, 0) is 0 Å². The molecule has 0 aliphatic carbocycles. The van der Waals surface area contributed by atoms with Crippen molar-refractivity contribution in [1.29, 1.82) is 0 Å². The van der Waals surface area contributed by atoms with Gasteiger partial charge in [-0.1, -0.05) is 13.0 Å². The zero-order chi connectivity index (χ0) is 13.1. The van der Waals surface area contributed by atoms with E-state index in [-0.39, 0.29) is 5.69 Å². The van der Waals surface area contributed by atoms with E-state index in [1.807, 2.05) is 0 Å². The van der Waals surface area contributed by atoms with Crippen LogP contribution in [0.5, 0.6) is 0 Å². The molecule has 4 heteroatoms. The Balaban J connectivity index is 1.94. The van der Waals surface area contributed by atoms with Crippen LogP contribution >= 0.6 is 0 Å². The Morgan fingerprint density at radius 1 is 1.44 bits per heavy atom. The molecule has 1 heterocycles. The Labute approximate surface area is 107 Å². The number of rotatable bonds is 3. The average Bonchev–Trinajstić information content (AvgIpc) is 2.35. The number of hydrogen-bond donors (Lipinski definition) is 2. The van der Waals surface area contributed by atoms with Crippen LogP contribution in [0, 0.1) is 11.7 Å². The van der Waals surface area contributed by atoms with E-state index in [4.69, 9.17) is 5.73 Å². The van der Waals surface area contributed by atoms with Crippen molar-refractivity contribution in [2.45, 2.75) is 25.9 Å². The average molecular weight is 252 g/mol. The molecular formula is C14H21FN2O. The lowest BCUT2D eigenvalue weighted by atomic mass is 9.98. The number of nitrogens with zero attached hydrogens (tertiary/aromatic N) is 1. The van der Waals surface area contributed by atoms with Crippen LogP contribution in [0.25, 0.3) is 0 Å². The fourth-order valence-corrected chi connectivity index (χ4v) is 2.36. The summed E-state index contributed by atoms with van der Waals surface area (Å²) in [5.41, 5.74) is 6.29. The van der Waals surface area contributed by atoms with E-state index in [0.717, 1.165) is 19.0 Å². The van der Waals surface area contributed by atoms with Gasteiger partial charge in [0.25, 0.3) is 0 Å². The normalized spacial score (nSPS) is 19.9. The van der Waals surface area contributed by atoms with Gasteiger partial charge in [-0.2, -0.15) is 0 Å². The smallest absolute Gasteiger partial charge is 0.146 e. The van der Waals surface area contributed by atoms with Crippen molar-refractivity contribution in [2.24, 2.45) is 5.92 Å². The summed E-state index contributed by atoms with van der Waals surface area (Å²) in [4.78, 5) is 2.25. The molecule has 1 aliphatic heterocycles. The summed E-state index contributed by atoms with van der Waals surface area (Å²) >= 11 is 0. The molecule has 0 spiro atoms. The molecule has 0 amide bonds. The molecule has 1 aromatic rings. The maximum Gasteiger partial charge on any atom is 0.146 e. The van der Waals surface area contributed by atoms with Crippen molar-refractivity contribution in [3.05, 3.63) is 29.6 Å². The Kier molecular flexibility index (Phi) is 4.19. The second-order valence-corrected chi connectivity index (χ2v) is 5.28. The van der Waals surface area contributed by atoms with Gasteiger partial charge >= 0.3 is 0 Å². The number of aliphatic hydroxyl groups is 1. The molecule has 3 nitrogen and oxygen atoms in total. The molecular weight excluding hydrogens is 231 g/mol. The number of anilines is 1. The number of halogens is 1. The van der Waals surface area contributed by atoms with Crippen molar-refractivity contribution in [1.82, 2.24) is 4.90 Å². The minimum Gasteiger partial charge on any atom is -0.396 e. The molecule has 1 saturated heterocycles. The summed E-state index contributed by atoms with van der Waals surface area (Å²) in [5, 5.41) is 10.1. The summed E-state index contributed by atoms with van der Waals surface area (Å²) in [6.07, 6.45) is 1.76. The van der Waals surface area contributed by atoms with Gasteiger partial charge in [0.1, 0.15) is 5.82 Å². The van der Waals surface area contributed by atoms with E-state index >= 15 is 0 Å². The number of aliphatic hydroxyl groups excluding tert-OH is 1. The van der Waals surface area contributed by atoms with Crippen LogP contribution in [0.4, 0.5) is 10.1 Å². The second kappa shape index (κ2) is 5.67. The third-order valence-corrected chi connectivity index (χ3v) is 3.71. The highest BCUT2D eigenvalue weighted by atomic mass is 19.1. The fourth-order valence-electron chi connectivity index (χ4n) is 2.36. The lowest BCUT2D eigenvalue weighted by Gasteiger charge is -2.31. The first-order chi connectivity index (χ1) is 8.56. The molecule has 0 bridgehead atoms. The van der Waals surface area contributed by atoms with Gasteiger partial charge in [-0.3, -0.25) is 0 Å². The van der Waals surface area contributed by atoms with Crippen LogP contribution < -0.4 is 5.73 Å². The van der Waals surface area contributed by atoms with Gasteiger partial charge in [-0.25, -0.2) is 4.39 Å². The van der Waals surface area contributed by atoms with Crippen LogP contribution in [-0.4, -0.2) is 29.6 Å². The maximum atomic E-state index is 13.0. The van der Waals surface area contributed by atoms with Crippen molar-refractivity contribution in [3.63, 3.8) is 0 Å². The predicted molar refractivity (Wildman–Crippen MR) is 70.6 cm³/mol. The van der Waals surface area contributed by atoms with E-state index in [1.165, 1.54) is 25.0 Å².